The van der Waals surface area contributed by atoms with E-state index >= 15 is 0 Å². The number of furan rings is 1. The minimum atomic E-state index is 0.624. The Balaban J connectivity index is 1.13. The molecule has 7 aromatic carbocycles. The van der Waals surface area contributed by atoms with Crippen LogP contribution in [0.1, 0.15) is 5.56 Å². The van der Waals surface area contributed by atoms with Crippen LogP contribution in [0.3, 0.4) is 0 Å². The average molecular weight is 642 g/mol. The van der Waals surface area contributed by atoms with E-state index in [0.29, 0.717) is 17.5 Å². The van der Waals surface area contributed by atoms with Gasteiger partial charge in [0.15, 0.2) is 17.5 Å². The van der Waals surface area contributed by atoms with Crippen molar-refractivity contribution in [2.24, 2.45) is 0 Å². The van der Waals surface area contributed by atoms with Gasteiger partial charge in [0.05, 0.1) is 0 Å². The van der Waals surface area contributed by atoms with Crippen LogP contribution in [-0.2, 0) is 0 Å². The van der Waals surface area contributed by atoms with Gasteiger partial charge in [0, 0.05) is 27.5 Å². The summed E-state index contributed by atoms with van der Waals surface area (Å²) < 4.78 is 6.29. The molecule has 0 fully saturated rings. The molecule has 0 N–H and O–H groups in total. The molecular formula is C46H31N3O. The molecule has 2 heterocycles. The highest BCUT2D eigenvalue weighted by Gasteiger charge is 2.16. The van der Waals surface area contributed by atoms with E-state index < -0.39 is 0 Å². The van der Waals surface area contributed by atoms with Crippen molar-refractivity contribution in [3.63, 3.8) is 0 Å². The summed E-state index contributed by atoms with van der Waals surface area (Å²) in [4.78, 5) is 15.1. The van der Waals surface area contributed by atoms with Crippen molar-refractivity contribution >= 4 is 21.9 Å². The van der Waals surface area contributed by atoms with Gasteiger partial charge in [0.25, 0.3) is 0 Å². The smallest absolute Gasteiger partial charge is 0.164 e. The lowest BCUT2D eigenvalue weighted by molar-refractivity contribution is 0.666. The highest BCUT2D eigenvalue weighted by Crippen LogP contribution is 2.39. The maximum Gasteiger partial charge on any atom is 0.164 e. The molecule has 9 aromatic rings. The SMILES string of the molecule is Cc1ccc(-c2ccc(-c3nc(-c4ccc(-c5ccccc5)cc4)nc(-c4ccc(-c5ccccc5)cc4)n3)cc2)c2c1oc1ccccc12. The zero-order valence-corrected chi connectivity index (χ0v) is 27.4. The molecule has 0 radical (unpaired) electrons. The van der Waals surface area contributed by atoms with Crippen LogP contribution in [0.5, 0.6) is 0 Å². The Hall–Kier alpha value is -6.65. The van der Waals surface area contributed by atoms with E-state index in [1.165, 1.54) is 11.1 Å². The predicted octanol–water partition coefficient (Wildman–Crippen LogP) is 12.1. The van der Waals surface area contributed by atoms with Crippen LogP contribution in [0.15, 0.2) is 174 Å². The third-order valence-corrected chi connectivity index (χ3v) is 9.31. The number of para-hydroxylation sites is 1. The van der Waals surface area contributed by atoms with Crippen LogP contribution in [-0.4, -0.2) is 15.0 Å². The number of aryl methyl sites for hydroxylation is 1. The Kier molecular flexibility index (Phi) is 7.33. The number of hydrogen-bond acceptors (Lipinski definition) is 4. The molecule has 2 aromatic heterocycles. The average Bonchev–Trinajstić information content (AvgIpc) is 3.60. The number of fused-ring (bicyclic) bond motifs is 3. The molecule has 0 spiro atoms. The Morgan fingerprint density at radius 2 is 0.760 bits per heavy atom. The Morgan fingerprint density at radius 3 is 1.26 bits per heavy atom. The number of hydrogen-bond donors (Lipinski definition) is 0. The molecule has 0 bridgehead atoms. The fraction of sp³-hybridized carbons (Fsp3) is 0.0217. The standard InChI is InChI=1S/C46H31N3O/c1-30-16-29-39(42-40-14-8-9-15-41(40)50-43(30)42)35-21-27-38(28-22-35)46-48-44(36-23-17-33(18-24-36)31-10-4-2-5-11-31)47-45(49-46)37-25-19-34(20-26-37)32-12-6-3-7-13-32/h2-29H,1H3. The van der Waals surface area contributed by atoms with Crippen LogP contribution in [0.25, 0.3) is 89.5 Å². The summed E-state index contributed by atoms with van der Waals surface area (Å²) in [6.45, 7) is 2.10. The van der Waals surface area contributed by atoms with Gasteiger partial charge in [-0.25, -0.2) is 15.0 Å². The third-order valence-electron chi connectivity index (χ3n) is 9.31. The van der Waals surface area contributed by atoms with Crippen molar-refractivity contribution in [3.8, 4) is 67.5 Å². The topological polar surface area (TPSA) is 51.8 Å². The molecule has 0 amide bonds. The second-order valence-electron chi connectivity index (χ2n) is 12.5. The molecule has 4 nitrogen and oxygen atoms in total. The van der Waals surface area contributed by atoms with Gasteiger partial charge in [-0.15, -0.1) is 0 Å². The lowest BCUT2D eigenvalue weighted by Gasteiger charge is -2.11. The first-order valence-electron chi connectivity index (χ1n) is 16.8. The summed E-state index contributed by atoms with van der Waals surface area (Å²) >= 11 is 0. The van der Waals surface area contributed by atoms with E-state index in [9.17, 15) is 0 Å². The van der Waals surface area contributed by atoms with Crippen molar-refractivity contribution in [1.82, 2.24) is 15.0 Å². The third kappa shape index (κ3) is 5.43. The van der Waals surface area contributed by atoms with E-state index in [2.05, 4.69) is 153 Å². The number of nitrogens with zero attached hydrogens (tertiary/aromatic N) is 3. The molecule has 236 valence electrons. The van der Waals surface area contributed by atoms with Crippen LogP contribution < -0.4 is 0 Å². The molecule has 50 heavy (non-hydrogen) atoms. The number of benzene rings is 7. The summed E-state index contributed by atoms with van der Waals surface area (Å²) in [6.07, 6.45) is 0. The first kappa shape index (κ1) is 29.5. The van der Waals surface area contributed by atoms with Crippen molar-refractivity contribution in [1.29, 1.82) is 0 Å². The molecule has 4 heteroatoms. The largest absolute Gasteiger partial charge is 0.456 e. The summed E-state index contributed by atoms with van der Waals surface area (Å²) in [5.74, 6) is 1.88. The second-order valence-corrected chi connectivity index (χ2v) is 12.5. The molecule has 9 rings (SSSR count). The van der Waals surface area contributed by atoms with Gasteiger partial charge < -0.3 is 4.42 Å². The quantitative estimate of drug-likeness (QED) is 0.181. The van der Waals surface area contributed by atoms with E-state index in [1.54, 1.807) is 0 Å². The summed E-state index contributed by atoms with van der Waals surface area (Å²) in [6, 6.07) is 58.7. The fourth-order valence-corrected chi connectivity index (χ4v) is 6.65. The van der Waals surface area contributed by atoms with Gasteiger partial charge >= 0.3 is 0 Å². The number of aromatic nitrogens is 3. The monoisotopic (exact) mass is 641 g/mol. The highest BCUT2D eigenvalue weighted by molar-refractivity contribution is 6.13. The van der Waals surface area contributed by atoms with Crippen LogP contribution in [0.2, 0.25) is 0 Å². The van der Waals surface area contributed by atoms with Crippen LogP contribution in [0.4, 0.5) is 0 Å². The zero-order chi connectivity index (χ0) is 33.4. The molecule has 0 aliphatic rings. The molecule has 0 aliphatic heterocycles. The minimum absolute atomic E-state index is 0.624. The Bertz CT molecular complexity index is 2510. The van der Waals surface area contributed by atoms with Gasteiger partial charge in [-0.1, -0.05) is 164 Å². The fourth-order valence-electron chi connectivity index (χ4n) is 6.65. The minimum Gasteiger partial charge on any atom is -0.456 e. The first-order valence-corrected chi connectivity index (χ1v) is 16.8. The lowest BCUT2D eigenvalue weighted by atomic mass is 9.97. The predicted molar refractivity (Wildman–Crippen MR) is 204 cm³/mol. The van der Waals surface area contributed by atoms with Gasteiger partial charge in [-0.2, -0.15) is 0 Å². The van der Waals surface area contributed by atoms with Gasteiger partial charge in [0.2, 0.25) is 0 Å². The maximum atomic E-state index is 6.29. The van der Waals surface area contributed by atoms with Gasteiger partial charge in [0.1, 0.15) is 11.2 Å². The van der Waals surface area contributed by atoms with E-state index in [-0.39, 0.29) is 0 Å². The summed E-state index contributed by atoms with van der Waals surface area (Å²) in [5.41, 5.74) is 12.6. The highest BCUT2D eigenvalue weighted by atomic mass is 16.3. The van der Waals surface area contributed by atoms with Crippen molar-refractivity contribution in [2.45, 2.75) is 6.92 Å². The normalized spacial score (nSPS) is 11.3. The van der Waals surface area contributed by atoms with E-state index in [1.807, 2.05) is 24.3 Å². The molecule has 0 saturated carbocycles. The number of rotatable bonds is 6. The van der Waals surface area contributed by atoms with Crippen molar-refractivity contribution < 1.29 is 4.42 Å². The zero-order valence-electron chi connectivity index (χ0n) is 27.4. The Morgan fingerprint density at radius 1 is 0.360 bits per heavy atom. The lowest BCUT2D eigenvalue weighted by Crippen LogP contribution is -2.00. The molecule has 0 atom stereocenters. The van der Waals surface area contributed by atoms with E-state index in [0.717, 1.165) is 66.4 Å². The molecular weight excluding hydrogens is 611 g/mol. The molecule has 0 aliphatic carbocycles. The van der Waals surface area contributed by atoms with Crippen molar-refractivity contribution in [2.75, 3.05) is 0 Å². The maximum absolute atomic E-state index is 6.29. The van der Waals surface area contributed by atoms with Gasteiger partial charge in [-0.05, 0) is 51.9 Å². The van der Waals surface area contributed by atoms with Crippen molar-refractivity contribution in [3.05, 3.63) is 175 Å². The molecule has 0 saturated heterocycles. The summed E-state index contributed by atoms with van der Waals surface area (Å²) in [5, 5.41) is 2.25. The molecule has 0 unspecified atom stereocenters. The second kappa shape index (κ2) is 12.4. The first-order chi connectivity index (χ1) is 24.7. The van der Waals surface area contributed by atoms with Gasteiger partial charge in [-0.3, -0.25) is 0 Å². The summed E-state index contributed by atoms with van der Waals surface area (Å²) in [7, 11) is 0. The Labute approximate surface area is 290 Å². The van der Waals surface area contributed by atoms with Crippen LogP contribution >= 0.6 is 0 Å². The van der Waals surface area contributed by atoms with E-state index in [4.69, 9.17) is 19.4 Å². The van der Waals surface area contributed by atoms with Crippen LogP contribution in [0, 0.1) is 6.92 Å².